The lowest BCUT2D eigenvalue weighted by Gasteiger charge is -2.36. The van der Waals surface area contributed by atoms with Gasteiger partial charge in [0, 0.05) is 26.2 Å². The van der Waals surface area contributed by atoms with Gasteiger partial charge < -0.3 is 10.0 Å². The zero-order valence-corrected chi connectivity index (χ0v) is 13.1. The van der Waals surface area contributed by atoms with Crippen LogP contribution in [0.15, 0.2) is 0 Å². The van der Waals surface area contributed by atoms with Gasteiger partial charge in [-0.05, 0) is 39.9 Å². The van der Waals surface area contributed by atoms with E-state index in [-0.39, 0.29) is 12.6 Å². The first-order chi connectivity index (χ1) is 8.89. The van der Waals surface area contributed by atoms with E-state index in [2.05, 4.69) is 0 Å². The van der Waals surface area contributed by atoms with Crippen molar-refractivity contribution >= 4 is 10.2 Å². The van der Waals surface area contributed by atoms with Crippen LogP contribution in [0.25, 0.3) is 0 Å². The van der Waals surface area contributed by atoms with Crippen molar-refractivity contribution in [1.82, 2.24) is 13.5 Å². The lowest BCUT2D eigenvalue weighted by atomic mass is 10.1. The highest BCUT2D eigenvalue weighted by atomic mass is 32.2. The third-order valence-corrected chi connectivity index (χ3v) is 5.60. The summed E-state index contributed by atoms with van der Waals surface area (Å²) in [4.78, 5) is 2.04. The molecule has 0 aromatic carbocycles. The summed E-state index contributed by atoms with van der Waals surface area (Å²) in [5.74, 6) is 0. The lowest BCUT2D eigenvalue weighted by molar-refractivity contribution is 0.149. The Morgan fingerprint density at radius 1 is 1.21 bits per heavy atom. The molecule has 0 aliphatic carbocycles. The number of piperidine rings is 1. The summed E-state index contributed by atoms with van der Waals surface area (Å²) in [5.41, 5.74) is 0. The highest BCUT2D eigenvalue weighted by Crippen LogP contribution is 2.21. The van der Waals surface area contributed by atoms with E-state index >= 15 is 0 Å². The number of hydrogen-bond donors (Lipinski definition) is 1. The van der Waals surface area contributed by atoms with Gasteiger partial charge in [-0.1, -0.05) is 6.42 Å². The van der Waals surface area contributed by atoms with Gasteiger partial charge in [0.15, 0.2) is 0 Å². The molecule has 1 aliphatic heterocycles. The second kappa shape index (κ2) is 7.54. The SMILES string of the molecule is CN(C)CCCN(C)S(=O)(=O)N1CCCCC1CO. The molecule has 1 atom stereocenters. The Kier molecular flexibility index (Phi) is 6.68. The molecule has 1 rings (SSSR count). The van der Waals surface area contributed by atoms with Crippen LogP contribution in [0.5, 0.6) is 0 Å². The minimum absolute atomic E-state index is 0.0925. The van der Waals surface area contributed by atoms with Gasteiger partial charge in [-0.15, -0.1) is 0 Å². The van der Waals surface area contributed by atoms with Crippen molar-refractivity contribution in [3.05, 3.63) is 0 Å². The topological polar surface area (TPSA) is 64.1 Å². The van der Waals surface area contributed by atoms with Crippen LogP contribution in [-0.2, 0) is 10.2 Å². The molecule has 0 radical (unpaired) electrons. The molecule has 1 heterocycles. The summed E-state index contributed by atoms with van der Waals surface area (Å²) in [6.07, 6.45) is 3.42. The Hall–Kier alpha value is -0.210. The number of aliphatic hydroxyl groups excluding tert-OH is 1. The Morgan fingerprint density at radius 3 is 2.47 bits per heavy atom. The minimum atomic E-state index is -3.43. The van der Waals surface area contributed by atoms with Crippen LogP contribution in [0.1, 0.15) is 25.7 Å². The van der Waals surface area contributed by atoms with Crippen LogP contribution < -0.4 is 0 Å². The Bertz CT molecular complexity index is 359. The summed E-state index contributed by atoms with van der Waals surface area (Å²) < 4.78 is 27.8. The molecule has 1 unspecified atom stereocenters. The smallest absolute Gasteiger partial charge is 0.282 e. The first kappa shape index (κ1) is 16.8. The minimum Gasteiger partial charge on any atom is -0.395 e. The van der Waals surface area contributed by atoms with Crippen molar-refractivity contribution in [3.63, 3.8) is 0 Å². The van der Waals surface area contributed by atoms with Crippen molar-refractivity contribution in [2.75, 3.05) is 47.4 Å². The van der Waals surface area contributed by atoms with Crippen molar-refractivity contribution < 1.29 is 13.5 Å². The third kappa shape index (κ3) is 4.68. The molecule has 1 fully saturated rings. The average molecular weight is 293 g/mol. The van der Waals surface area contributed by atoms with Crippen LogP contribution in [0.4, 0.5) is 0 Å². The molecule has 7 heteroatoms. The number of nitrogens with zero attached hydrogens (tertiary/aromatic N) is 3. The van der Waals surface area contributed by atoms with Gasteiger partial charge >= 0.3 is 0 Å². The fourth-order valence-corrected chi connectivity index (χ4v) is 3.99. The van der Waals surface area contributed by atoms with E-state index in [1.807, 2.05) is 19.0 Å². The zero-order chi connectivity index (χ0) is 14.5. The second-order valence-corrected chi connectivity index (χ2v) is 7.42. The maximum Gasteiger partial charge on any atom is 0.282 e. The Morgan fingerprint density at radius 2 is 1.89 bits per heavy atom. The zero-order valence-electron chi connectivity index (χ0n) is 12.2. The van der Waals surface area contributed by atoms with E-state index in [0.717, 1.165) is 32.2 Å². The summed E-state index contributed by atoms with van der Waals surface area (Å²) in [5, 5.41) is 9.32. The van der Waals surface area contributed by atoms with Gasteiger partial charge in [0.25, 0.3) is 10.2 Å². The number of aliphatic hydroxyl groups is 1. The van der Waals surface area contributed by atoms with Crippen molar-refractivity contribution in [3.8, 4) is 0 Å². The molecule has 0 amide bonds. The van der Waals surface area contributed by atoms with Gasteiger partial charge in [0.2, 0.25) is 0 Å². The maximum absolute atomic E-state index is 12.5. The first-order valence-electron chi connectivity index (χ1n) is 6.88. The summed E-state index contributed by atoms with van der Waals surface area (Å²) in [7, 11) is 2.13. The van der Waals surface area contributed by atoms with Crippen LogP contribution in [0, 0.1) is 0 Å². The van der Waals surface area contributed by atoms with E-state index in [1.54, 1.807) is 7.05 Å². The standard InChI is InChI=1S/C12H27N3O3S/c1-13(2)8-6-9-14(3)19(17,18)15-10-5-4-7-12(15)11-16/h12,16H,4-11H2,1-3H3. The predicted octanol–water partition coefficient (Wildman–Crippen LogP) is -0.0385. The fourth-order valence-electron chi connectivity index (χ4n) is 2.36. The largest absolute Gasteiger partial charge is 0.395 e. The van der Waals surface area contributed by atoms with Gasteiger partial charge in [0.05, 0.1) is 6.61 Å². The van der Waals surface area contributed by atoms with Crippen LogP contribution in [0.2, 0.25) is 0 Å². The van der Waals surface area contributed by atoms with Crippen LogP contribution in [-0.4, -0.2) is 80.5 Å². The summed E-state index contributed by atoms with van der Waals surface area (Å²) in [6, 6.07) is -0.255. The van der Waals surface area contributed by atoms with Crippen molar-refractivity contribution in [2.45, 2.75) is 31.7 Å². The molecular weight excluding hydrogens is 266 g/mol. The third-order valence-electron chi connectivity index (χ3n) is 3.55. The average Bonchev–Trinajstić information content (AvgIpc) is 2.38. The molecule has 1 saturated heterocycles. The molecule has 1 aliphatic rings. The van der Waals surface area contributed by atoms with Gasteiger partial charge in [0.1, 0.15) is 0 Å². The quantitative estimate of drug-likeness (QED) is 0.715. The van der Waals surface area contributed by atoms with E-state index in [1.165, 1.54) is 8.61 Å². The van der Waals surface area contributed by atoms with Crippen LogP contribution >= 0.6 is 0 Å². The Balaban J connectivity index is 2.61. The normalized spacial score (nSPS) is 22.3. The highest BCUT2D eigenvalue weighted by molar-refractivity contribution is 7.86. The molecule has 1 N–H and O–H groups in total. The second-order valence-electron chi connectivity index (χ2n) is 5.43. The van der Waals surface area contributed by atoms with E-state index in [4.69, 9.17) is 0 Å². The Labute approximate surface area is 117 Å². The molecule has 0 aromatic heterocycles. The van der Waals surface area contributed by atoms with E-state index in [9.17, 15) is 13.5 Å². The first-order valence-corrected chi connectivity index (χ1v) is 8.28. The molecule has 0 spiro atoms. The summed E-state index contributed by atoms with van der Waals surface area (Å²) >= 11 is 0. The molecule has 0 aromatic rings. The monoisotopic (exact) mass is 293 g/mol. The number of rotatable bonds is 7. The van der Waals surface area contributed by atoms with Gasteiger partial charge in [-0.2, -0.15) is 17.0 Å². The van der Waals surface area contributed by atoms with E-state index in [0.29, 0.717) is 13.1 Å². The predicted molar refractivity (Wildman–Crippen MR) is 76.2 cm³/mol. The number of hydrogen-bond acceptors (Lipinski definition) is 4. The van der Waals surface area contributed by atoms with Gasteiger partial charge in [-0.25, -0.2) is 0 Å². The maximum atomic E-state index is 12.5. The van der Waals surface area contributed by atoms with Gasteiger partial charge in [-0.3, -0.25) is 0 Å². The molecule has 0 saturated carbocycles. The molecule has 19 heavy (non-hydrogen) atoms. The van der Waals surface area contributed by atoms with E-state index < -0.39 is 10.2 Å². The molecular formula is C12H27N3O3S. The fraction of sp³-hybridized carbons (Fsp3) is 1.00. The highest BCUT2D eigenvalue weighted by Gasteiger charge is 2.34. The summed E-state index contributed by atoms with van der Waals surface area (Å²) in [6.45, 7) is 1.80. The molecule has 0 bridgehead atoms. The van der Waals surface area contributed by atoms with Crippen molar-refractivity contribution in [2.24, 2.45) is 0 Å². The van der Waals surface area contributed by atoms with Crippen LogP contribution in [0.3, 0.4) is 0 Å². The lowest BCUT2D eigenvalue weighted by Crippen LogP contribution is -2.51. The van der Waals surface area contributed by atoms with Crippen molar-refractivity contribution in [1.29, 1.82) is 0 Å². The molecule has 6 nitrogen and oxygen atoms in total. The molecule has 114 valence electrons.